The van der Waals surface area contributed by atoms with E-state index in [0.717, 1.165) is 5.56 Å². The molecule has 0 aliphatic heterocycles. The van der Waals surface area contributed by atoms with Gasteiger partial charge in [-0.3, -0.25) is 4.72 Å². The van der Waals surface area contributed by atoms with E-state index >= 15 is 0 Å². The second-order valence-electron chi connectivity index (χ2n) is 4.28. The molecule has 0 bridgehead atoms. The van der Waals surface area contributed by atoms with Crippen LogP contribution in [0.5, 0.6) is 0 Å². The molecule has 0 aliphatic carbocycles. The van der Waals surface area contributed by atoms with Crippen LogP contribution in [-0.2, 0) is 10.0 Å². The summed E-state index contributed by atoms with van der Waals surface area (Å²) in [5.74, 6) is 0. The van der Waals surface area contributed by atoms with E-state index in [4.69, 9.17) is 40.1 Å². The number of aryl methyl sites for hydroxylation is 1. The fraction of sp³-hybridized carbons (Fsp3) is 0.0769. The number of nitrogens with one attached hydrogen (secondary N) is 1. The Morgan fingerprint density at radius 3 is 2.27 bits per heavy atom. The number of rotatable bonds is 3. The molecule has 0 atom stereocenters. The third-order valence-electron chi connectivity index (χ3n) is 2.71. The number of hydrogen-bond donors (Lipinski definition) is 1. The normalized spacial score (nSPS) is 11.0. The molecule has 0 saturated heterocycles. The van der Waals surface area contributed by atoms with E-state index in [2.05, 4.69) is 9.71 Å². The number of benzene rings is 1. The van der Waals surface area contributed by atoms with Crippen molar-refractivity contribution in [2.75, 3.05) is 4.72 Å². The quantitative estimate of drug-likeness (QED) is 0.820. The van der Waals surface area contributed by atoms with Gasteiger partial charge in [-0.1, -0.05) is 52.5 Å². The van der Waals surface area contributed by atoms with E-state index in [1.165, 1.54) is 12.1 Å². The van der Waals surface area contributed by atoms with Gasteiger partial charge in [0.25, 0.3) is 10.0 Å². The lowest BCUT2D eigenvalue weighted by molar-refractivity contribution is 0.601. The number of pyridine rings is 1. The number of aromatic nitrogens is 1. The third kappa shape index (κ3) is 3.28. The van der Waals surface area contributed by atoms with Crippen LogP contribution in [0.1, 0.15) is 11.3 Å². The first-order chi connectivity index (χ1) is 10.3. The van der Waals surface area contributed by atoms with Crippen LogP contribution in [0, 0.1) is 18.3 Å². The molecular weight excluding hydrogens is 369 g/mol. The van der Waals surface area contributed by atoms with Gasteiger partial charge in [0, 0.05) is 0 Å². The third-order valence-corrected chi connectivity index (χ3v) is 5.18. The zero-order valence-electron chi connectivity index (χ0n) is 11.1. The number of nitrogens with zero attached hydrogens (tertiary/aromatic N) is 2. The van der Waals surface area contributed by atoms with Crippen molar-refractivity contribution in [1.29, 1.82) is 5.26 Å². The molecule has 1 aromatic carbocycles. The zero-order valence-corrected chi connectivity index (χ0v) is 14.1. The lowest BCUT2D eigenvalue weighted by Crippen LogP contribution is -2.14. The largest absolute Gasteiger partial charge is 0.276 e. The van der Waals surface area contributed by atoms with Crippen LogP contribution in [-0.4, -0.2) is 13.4 Å². The van der Waals surface area contributed by atoms with Crippen LogP contribution in [0.3, 0.4) is 0 Å². The SMILES string of the molecule is Cc1ccc(S(=O)(=O)Nc2c(Cl)c(Cl)nc(C#N)c2Cl)cc1. The first-order valence-electron chi connectivity index (χ1n) is 5.80. The Labute approximate surface area is 142 Å². The summed E-state index contributed by atoms with van der Waals surface area (Å²) in [5.41, 5.74) is 0.506. The molecule has 1 aromatic heterocycles. The van der Waals surface area contributed by atoms with Gasteiger partial charge in [0.15, 0.2) is 10.8 Å². The Hall–Kier alpha value is -1.52. The molecule has 0 saturated carbocycles. The summed E-state index contributed by atoms with van der Waals surface area (Å²) in [6.45, 7) is 1.83. The standard InChI is InChI=1S/C13H8Cl3N3O2S/c1-7-2-4-8(5-3-7)22(20,21)19-12-10(14)9(6-17)18-13(16)11(12)15/h2-5H,1H3,(H,18,19). The highest BCUT2D eigenvalue weighted by Gasteiger charge is 2.22. The molecule has 0 amide bonds. The van der Waals surface area contributed by atoms with Crippen molar-refractivity contribution in [3.05, 3.63) is 50.7 Å². The minimum Gasteiger partial charge on any atom is -0.276 e. The van der Waals surface area contributed by atoms with E-state index in [9.17, 15) is 8.42 Å². The van der Waals surface area contributed by atoms with Crippen molar-refractivity contribution in [3.63, 3.8) is 0 Å². The molecule has 2 aromatic rings. The van der Waals surface area contributed by atoms with Crippen LogP contribution in [0.15, 0.2) is 29.2 Å². The molecule has 5 nitrogen and oxygen atoms in total. The summed E-state index contributed by atoms with van der Waals surface area (Å²) in [6.07, 6.45) is 0. The Morgan fingerprint density at radius 2 is 1.73 bits per heavy atom. The molecule has 9 heteroatoms. The number of nitriles is 1. The predicted octanol–water partition coefficient (Wildman–Crippen LogP) is 4.02. The summed E-state index contributed by atoms with van der Waals surface area (Å²) in [6, 6.07) is 7.89. The minimum atomic E-state index is -3.93. The zero-order chi connectivity index (χ0) is 16.5. The molecule has 0 aliphatic rings. The molecule has 0 unspecified atom stereocenters. The number of anilines is 1. The summed E-state index contributed by atoms with van der Waals surface area (Å²) in [7, 11) is -3.93. The van der Waals surface area contributed by atoms with Crippen LogP contribution in [0.2, 0.25) is 15.2 Å². The van der Waals surface area contributed by atoms with Crippen molar-refractivity contribution in [3.8, 4) is 6.07 Å². The Bertz CT molecular complexity index is 875. The van der Waals surface area contributed by atoms with Gasteiger partial charge in [-0.2, -0.15) is 5.26 Å². The van der Waals surface area contributed by atoms with Gasteiger partial charge >= 0.3 is 0 Å². The van der Waals surface area contributed by atoms with E-state index in [1.807, 2.05) is 6.92 Å². The average molecular weight is 377 g/mol. The fourth-order valence-electron chi connectivity index (χ4n) is 1.59. The molecule has 0 fully saturated rings. The average Bonchev–Trinajstić information content (AvgIpc) is 2.48. The fourth-order valence-corrected chi connectivity index (χ4v) is 3.42. The van der Waals surface area contributed by atoms with Crippen molar-refractivity contribution in [2.24, 2.45) is 0 Å². The maximum atomic E-state index is 12.4. The summed E-state index contributed by atoms with van der Waals surface area (Å²) < 4.78 is 26.9. The maximum absolute atomic E-state index is 12.4. The Balaban J connectivity index is 2.53. The molecule has 114 valence electrons. The molecule has 0 radical (unpaired) electrons. The lowest BCUT2D eigenvalue weighted by Gasteiger charge is -2.12. The van der Waals surface area contributed by atoms with Gasteiger partial charge in [-0.25, -0.2) is 13.4 Å². The first-order valence-corrected chi connectivity index (χ1v) is 8.42. The Morgan fingerprint density at radius 1 is 1.14 bits per heavy atom. The molecule has 1 N–H and O–H groups in total. The van der Waals surface area contributed by atoms with Crippen molar-refractivity contribution in [1.82, 2.24) is 4.98 Å². The topological polar surface area (TPSA) is 82.8 Å². The van der Waals surface area contributed by atoms with Crippen molar-refractivity contribution < 1.29 is 8.42 Å². The van der Waals surface area contributed by atoms with Crippen LogP contribution >= 0.6 is 34.8 Å². The minimum absolute atomic E-state index is 0.0247. The second kappa shape index (κ2) is 6.31. The predicted molar refractivity (Wildman–Crippen MR) is 86.0 cm³/mol. The first kappa shape index (κ1) is 16.8. The van der Waals surface area contributed by atoms with E-state index in [1.54, 1.807) is 18.2 Å². The highest BCUT2D eigenvalue weighted by atomic mass is 35.5. The van der Waals surface area contributed by atoms with Crippen LogP contribution in [0.25, 0.3) is 0 Å². The summed E-state index contributed by atoms with van der Waals surface area (Å²) in [5, 5.41) is 8.32. The van der Waals surface area contributed by atoms with Crippen molar-refractivity contribution in [2.45, 2.75) is 11.8 Å². The Kier molecular flexibility index (Phi) is 4.83. The van der Waals surface area contributed by atoms with Gasteiger partial charge in [-0.15, -0.1) is 0 Å². The summed E-state index contributed by atoms with van der Waals surface area (Å²) >= 11 is 17.7. The van der Waals surface area contributed by atoms with E-state index in [-0.39, 0.29) is 31.5 Å². The molecule has 22 heavy (non-hydrogen) atoms. The highest BCUT2D eigenvalue weighted by molar-refractivity contribution is 7.92. The van der Waals surface area contributed by atoms with Gasteiger partial charge in [0.05, 0.1) is 10.6 Å². The molecule has 0 spiro atoms. The highest BCUT2D eigenvalue weighted by Crippen LogP contribution is 2.37. The number of halogens is 3. The van der Waals surface area contributed by atoms with Crippen LogP contribution < -0.4 is 4.72 Å². The van der Waals surface area contributed by atoms with E-state index < -0.39 is 10.0 Å². The lowest BCUT2D eigenvalue weighted by atomic mass is 10.2. The van der Waals surface area contributed by atoms with Gasteiger partial charge in [0.1, 0.15) is 16.1 Å². The smallest absolute Gasteiger partial charge is 0.261 e. The van der Waals surface area contributed by atoms with Gasteiger partial charge < -0.3 is 0 Å². The van der Waals surface area contributed by atoms with Gasteiger partial charge in [-0.05, 0) is 19.1 Å². The number of sulfonamides is 1. The van der Waals surface area contributed by atoms with Gasteiger partial charge in [0.2, 0.25) is 0 Å². The molecule has 1 heterocycles. The maximum Gasteiger partial charge on any atom is 0.261 e. The van der Waals surface area contributed by atoms with E-state index in [0.29, 0.717) is 0 Å². The second-order valence-corrected chi connectivity index (χ2v) is 7.08. The van der Waals surface area contributed by atoms with Crippen LogP contribution in [0.4, 0.5) is 5.69 Å². The monoisotopic (exact) mass is 375 g/mol. The molecule has 2 rings (SSSR count). The summed E-state index contributed by atoms with van der Waals surface area (Å²) in [4.78, 5) is 3.70. The number of hydrogen-bond acceptors (Lipinski definition) is 4. The van der Waals surface area contributed by atoms with Crippen molar-refractivity contribution >= 4 is 50.5 Å². The molecular formula is C13H8Cl3N3O2S.